The van der Waals surface area contributed by atoms with Gasteiger partial charge >= 0.3 is 5.76 Å². The van der Waals surface area contributed by atoms with Gasteiger partial charge in [-0.05, 0) is 29.8 Å². The quantitative estimate of drug-likeness (QED) is 0.724. The number of sulfonamides is 1. The maximum Gasteiger partial charge on any atom is 0.419 e. The van der Waals surface area contributed by atoms with Crippen LogP contribution in [0.4, 0.5) is 5.69 Å². The van der Waals surface area contributed by atoms with Gasteiger partial charge < -0.3 is 14.3 Å². The van der Waals surface area contributed by atoms with E-state index < -0.39 is 21.7 Å². The molecule has 0 bridgehead atoms. The first-order valence-electron chi connectivity index (χ1n) is 6.72. The number of hydrogen-bond acceptors (Lipinski definition) is 6. The molecule has 1 aromatic heterocycles. The minimum Gasteiger partial charge on any atom is -0.545 e. The summed E-state index contributed by atoms with van der Waals surface area (Å²) in [6.45, 7) is 0. The Kier molecular flexibility index (Phi) is 3.64. The van der Waals surface area contributed by atoms with Crippen LogP contribution in [-0.2, 0) is 17.1 Å². The van der Waals surface area contributed by atoms with Gasteiger partial charge in [-0.15, -0.1) is 0 Å². The molecule has 24 heavy (non-hydrogen) atoms. The van der Waals surface area contributed by atoms with Gasteiger partial charge in [0.05, 0.1) is 16.4 Å². The Morgan fingerprint density at radius 1 is 1.21 bits per heavy atom. The predicted molar refractivity (Wildman–Crippen MR) is 83.0 cm³/mol. The molecule has 3 rings (SSSR count). The van der Waals surface area contributed by atoms with Crippen LogP contribution in [0.1, 0.15) is 10.4 Å². The molecule has 2 aromatic carbocycles. The fraction of sp³-hybridized carbons (Fsp3) is 0.0667. The van der Waals surface area contributed by atoms with Crippen molar-refractivity contribution in [1.82, 2.24) is 4.57 Å². The Labute approximate surface area is 136 Å². The number of oxazole rings is 1. The minimum absolute atomic E-state index is 0.0753. The van der Waals surface area contributed by atoms with Gasteiger partial charge in [0.15, 0.2) is 5.58 Å². The Morgan fingerprint density at radius 3 is 2.67 bits per heavy atom. The summed E-state index contributed by atoms with van der Waals surface area (Å²) in [7, 11) is -2.48. The fourth-order valence-electron chi connectivity index (χ4n) is 2.21. The second-order valence-corrected chi connectivity index (χ2v) is 6.71. The van der Waals surface area contributed by atoms with Crippen molar-refractivity contribution in [3.63, 3.8) is 0 Å². The van der Waals surface area contributed by atoms with Crippen molar-refractivity contribution in [2.45, 2.75) is 4.90 Å². The summed E-state index contributed by atoms with van der Waals surface area (Å²) >= 11 is 0. The largest absolute Gasteiger partial charge is 0.545 e. The fourth-order valence-corrected chi connectivity index (χ4v) is 3.27. The van der Waals surface area contributed by atoms with E-state index in [0.717, 1.165) is 6.07 Å². The maximum atomic E-state index is 12.4. The normalized spacial score (nSPS) is 11.5. The summed E-state index contributed by atoms with van der Waals surface area (Å²) in [5.41, 5.74) is 0.512. The molecule has 0 fully saturated rings. The van der Waals surface area contributed by atoms with Gasteiger partial charge in [0.1, 0.15) is 0 Å². The van der Waals surface area contributed by atoms with E-state index in [1.807, 2.05) is 0 Å². The number of carboxylic acids is 1. The molecular formula is C15H11N2O6S-. The number of aromatic nitrogens is 1. The van der Waals surface area contributed by atoms with E-state index in [1.165, 1.54) is 48.0 Å². The van der Waals surface area contributed by atoms with E-state index in [1.54, 1.807) is 0 Å². The highest BCUT2D eigenvalue weighted by Gasteiger charge is 2.17. The highest BCUT2D eigenvalue weighted by molar-refractivity contribution is 7.92. The van der Waals surface area contributed by atoms with Gasteiger partial charge in [-0.3, -0.25) is 9.29 Å². The molecule has 0 radical (unpaired) electrons. The molecule has 0 amide bonds. The number of rotatable bonds is 4. The van der Waals surface area contributed by atoms with Crippen LogP contribution in [0.25, 0.3) is 11.1 Å². The number of carbonyl (C=O) groups is 1. The molecule has 0 aliphatic carbocycles. The van der Waals surface area contributed by atoms with Crippen molar-refractivity contribution in [2.24, 2.45) is 7.05 Å². The molecule has 0 atom stereocenters. The molecule has 0 spiro atoms. The van der Waals surface area contributed by atoms with Gasteiger partial charge in [-0.1, -0.05) is 12.1 Å². The molecule has 1 heterocycles. The van der Waals surface area contributed by atoms with E-state index in [4.69, 9.17) is 4.42 Å². The third kappa shape index (κ3) is 2.76. The smallest absolute Gasteiger partial charge is 0.419 e. The van der Waals surface area contributed by atoms with Crippen molar-refractivity contribution in [3.8, 4) is 0 Å². The summed E-state index contributed by atoms with van der Waals surface area (Å²) in [5, 5.41) is 10.8. The van der Waals surface area contributed by atoms with Gasteiger partial charge in [0.25, 0.3) is 10.0 Å². The molecule has 3 aromatic rings. The molecule has 124 valence electrons. The van der Waals surface area contributed by atoms with Crippen molar-refractivity contribution in [1.29, 1.82) is 0 Å². The van der Waals surface area contributed by atoms with Crippen LogP contribution < -0.4 is 15.6 Å². The van der Waals surface area contributed by atoms with Crippen molar-refractivity contribution >= 4 is 32.8 Å². The third-order valence-electron chi connectivity index (χ3n) is 3.42. The van der Waals surface area contributed by atoms with Gasteiger partial charge in [0.2, 0.25) is 0 Å². The van der Waals surface area contributed by atoms with Crippen molar-refractivity contribution < 1.29 is 22.7 Å². The van der Waals surface area contributed by atoms with Crippen LogP contribution in [0.15, 0.2) is 56.6 Å². The molecule has 9 heteroatoms. The van der Waals surface area contributed by atoms with E-state index in [2.05, 4.69) is 4.72 Å². The summed E-state index contributed by atoms with van der Waals surface area (Å²) in [6, 6.07) is 9.23. The van der Waals surface area contributed by atoms with Gasteiger partial charge in [-0.2, -0.15) is 0 Å². The molecule has 0 saturated heterocycles. The molecule has 8 nitrogen and oxygen atoms in total. The molecular weight excluding hydrogens is 336 g/mol. The van der Waals surface area contributed by atoms with E-state index in [-0.39, 0.29) is 21.7 Å². The number of nitrogens with zero attached hydrogens (tertiary/aromatic N) is 1. The molecule has 0 aliphatic heterocycles. The number of carbonyl (C=O) groups excluding carboxylic acids is 1. The highest BCUT2D eigenvalue weighted by Crippen LogP contribution is 2.21. The van der Waals surface area contributed by atoms with Crippen LogP contribution in [0.5, 0.6) is 0 Å². The number of anilines is 1. The van der Waals surface area contributed by atoms with Gasteiger partial charge in [-0.25, -0.2) is 13.2 Å². The summed E-state index contributed by atoms with van der Waals surface area (Å²) in [4.78, 5) is 22.2. The average Bonchev–Trinajstić information content (AvgIpc) is 2.81. The second-order valence-electron chi connectivity index (χ2n) is 5.03. The lowest BCUT2D eigenvalue weighted by molar-refractivity contribution is -0.255. The number of hydrogen-bond donors (Lipinski definition) is 1. The lowest BCUT2D eigenvalue weighted by Crippen LogP contribution is -2.22. The van der Waals surface area contributed by atoms with Crippen molar-refractivity contribution in [3.05, 3.63) is 58.6 Å². The average molecular weight is 347 g/mol. The van der Waals surface area contributed by atoms with Crippen LogP contribution in [0.3, 0.4) is 0 Å². The molecule has 0 aliphatic rings. The summed E-state index contributed by atoms with van der Waals surface area (Å²) < 4.78 is 33.3. The number of nitrogens with one attached hydrogen (secondary N) is 1. The summed E-state index contributed by atoms with van der Waals surface area (Å²) in [5.74, 6) is -2.02. The molecule has 0 saturated carbocycles. The van der Waals surface area contributed by atoms with Gasteiger partial charge in [0, 0.05) is 18.8 Å². The number of aryl methyl sites for hydroxylation is 1. The number of aromatic carboxylic acids is 1. The number of benzene rings is 2. The maximum absolute atomic E-state index is 12.4. The zero-order chi connectivity index (χ0) is 17.5. The monoisotopic (exact) mass is 347 g/mol. The SMILES string of the molecule is Cn1c(=O)oc2cc(S(=O)(=O)Nc3cccc(C(=O)[O-])c3)ccc21. The molecule has 1 N–H and O–H groups in total. The number of fused-ring (bicyclic) bond motifs is 1. The Morgan fingerprint density at radius 2 is 1.96 bits per heavy atom. The van der Waals surface area contributed by atoms with Crippen molar-refractivity contribution in [2.75, 3.05) is 4.72 Å². The van der Waals surface area contributed by atoms with E-state index in [0.29, 0.717) is 5.52 Å². The number of carboxylic acid groups (broad SMARTS) is 1. The predicted octanol–water partition coefficient (Wildman–Crippen LogP) is 0.296. The topological polar surface area (TPSA) is 121 Å². The van der Waals surface area contributed by atoms with E-state index >= 15 is 0 Å². The first-order chi connectivity index (χ1) is 11.3. The van der Waals surface area contributed by atoms with Crippen LogP contribution in [0, 0.1) is 0 Å². The standard InChI is InChI=1S/C15H12N2O6S/c1-17-12-6-5-11(8-13(12)23-15(17)20)24(21,22)16-10-4-2-3-9(7-10)14(18)19/h2-8,16H,1H3,(H,18,19)/p-1. The first-order valence-corrected chi connectivity index (χ1v) is 8.20. The third-order valence-corrected chi connectivity index (χ3v) is 4.80. The Hall–Kier alpha value is -3.07. The summed E-state index contributed by atoms with van der Waals surface area (Å²) in [6.07, 6.45) is 0. The Balaban J connectivity index is 2.00. The minimum atomic E-state index is -3.99. The lowest BCUT2D eigenvalue weighted by Gasteiger charge is -2.10. The highest BCUT2D eigenvalue weighted by atomic mass is 32.2. The van der Waals surface area contributed by atoms with Crippen LogP contribution >= 0.6 is 0 Å². The zero-order valence-corrected chi connectivity index (χ0v) is 13.2. The molecule has 0 unspecified atom stereocenters. The second kappa shape index (κ2) is 5.53. The van der Waals surface area contributed by atoms with E-state index in [9.17, 15) is 23.1 Å². The van der Waals surface area contributed by atoms with Crippen LogP contribution in [-0.4, -0.2) is 19.0 Å². The Bertz CT molecular complexity index is 1110. The lowest BCUT2D eigenvalue weighted by atomic mass is 10.2. The first kappa shape index (κ1) is 15.8. The van der Waals surface area contributed by atoms with Crippen LogP contribution in [0.2, 0.25) is 0 Å². The zero-order valence-electron chi connectivity index (χ0n) is 12.3.